The van der Waals surface area contributed by atoms with Gasteiger partial charge in [-0.3, -0.25) is 4.79 Å². The van der Waals surface area contributed by atoms with Crippen LogP contribution in [-0.2, 0) is 0 Å². The molecule has 1 saturated heterocycles. The minimum atomic E-state index is -0.440. The number of β-amino-alcohol motifs (C(OH)–C–C–N with tert-alkyl or cyclic N) is 1. The van der Waals surface area contributed by atoms with Crippen molar-refractivity contribution in [1.29, 1.82) is 0 Å². The van der Waals surface area contributed by atoms with Crippen LogP contribution in [-0.4, -0.2) is 45.1 Å². The summed E-state index contributed by atoms with van der Waals surface area (Å²) < 4.78 is 0. The predicted molar refractivity (Wildman–Crippen MR) is 47.9 cm³/mol. The number of aromatic nitrogens is 2. The molecule has 0 radical (unpaired) electrons. The largest absolute Gasteiger partial charge is 0.391 e. The molecule has 1 aromatic heterocycles. The Hall–Kier alpha value is -1.56. The van der Waals surface area contributed by atoms with Gasteiger partial charge < -0.3 is 20.0 Å². The molecular weight excluding hydrogens is 186 g/mol. The molecule has 1 aliphatic heterocycles. The molecule has 14 heavy (non-hydrogen) atoms. The van der Waals surface area contributed by atoms with Gasteiger partial charge in [0.2, 0.25) is 0 Å². The number of aliphatic hydroxyl groups is 1. The number of hydrogen-bond donors (Lipinski definition) is 3. The Labute approximate surface area is 79.6 Å². The van der Waals surface area contributed by atoms with E-state index in [0.717, 1.165) is 0 Å². The maximum atomic E-state index is 11.6. The molecule has 1 amide bonds. The third-order valence-electron chi connectivity index (χ3n) is 2.28. The van der Waals surface area contributed by atoms with Crippen molar-refractivity contribution in [1.82, 2.24) is 14.9 Å². The second-order valence-electron chi connectivity index (χ2n) is 3.35. The molecular formula is C8H11N3O3. The smallest absolute Gasteiger partial charge is 0.323 e. The van der Waals surface area contributed by atoms with E-state index in [1.165, 1.54) is 11.1 Å². The number of amides is 1. The van der Waals surface area contributed by atoms with E-state index >= 15 is 0 Å². The first-order chi connectivity index (χ1) is 6.66. The summed E-state index contributed by atoms with van der Waals surface area (Å²) in [6.07, 6.45) is 1.50. The number of aromatic amines is 2. The Morgan fingerprint density at radius 3 is 2.93 bits per heavy atom. The number of nitrogens with zero attached hydrogens (tertiary/aromatic N) is 1. The van der Waals surface area contributed by atoms with Crippen LogP contribution in [0.1, 0.15) is 16.9 Å². The minimum absolute atomic E-state index is 0.240. The quantitative estimate of drug-likeness (QED) is 0.534. The van der Waals surface area contributed by atoms with E-state index < -0.39 is 11.8 Å². The summed E-state index contributed by atoms with van der Waals surface area (Å²) in [4.78, 5) is 28.6. The first-order valence-corrected chi connectivity index (χ1v) is 4.42. The lowest BCUT2D eigenvalue weighted by atomic mass is 10.3. The van der Waals surface area contributed by atoms with Gasteiger partial charge in [-0.2, -0.15) is 0 Å². The second-order valence-corrected chi connectivity index (χ2v) is 3.35. The average molecular weight is 197 g/mol. The van der Waals surface area contributed by atoms with E-state index in [4.69, 9.17) is 0 Å². The highest BCUT2D eigenvalue weighted by Crippen LogP contribution is 2.11. The Kier molecular flexibility index (Phi) is 2.12. The number of hydrogen-bond acceptors (Lipinski definition) is 3. The fourth-order valence-electron chi connectivity index (χ4n) is 1.54. The van der Waals surface area contributed by atoms with Crippen molar-refractivity contribution in [2.24, 2.45) is 0 Å². The van der Waals surface area contributed by atoms with Crippen LogP contribution >= 0.6 is 0 Å². The van der Waals surface area contributed by atoms with Crippen molar-refractivity contribution < 1.29 is 9.90 Å². The topological polar surface area (TPSA) is 89.2 Å². The van der Waals surface area contributed by atoms with Gasteiger partial charge in [0.15, 0.2) is 0 Å². The van der Waals surface area contributed by atoms with E-state index in [9.17, 15) is 14.7 Å². The van der Waals surface area contributed by atoms with E-state index in [-0.39, 0.29) is 11.6 Å². The standard InChI is InChI=1S/C8H11N3O3/c12-5-1-2-11(4-5)7(13)6-3-9-8(14)10-6/h3,5,12H,1-2,4H2,(H2,9,10,14)/t5-/m0/s1. The molecule has 0 unspecified atom stereocenters. The van der Waals surface area contributed by atoms with Crippen molar-refractivity contribution in [3.63, 3.8) is 0 Å². The summed E-state index contributed by atoms with van der Waals surface area (Å²) in [5.41, 5.74) is -0.155. The van der Waals surface area contributed by atoms with E-state index in [1.54, 1.807) is 0 Å². The molecule has 0 spiro atoms. The third kappa shape index (κ3) is 1.56. The minimum Gasteiger partial charge on any atom is -0.391 e. The second kappa shape index (κ2) is 3.30. The molecule has 1 aromatic rings. The van der Waals surface area contributed by atoms with Crippen LogP contribution in [0.3, 0.4) is 0 Å². The number of carbonyl (C=O) groups excluding carboxylic acids is 1. The Bertz CT molecular complexity index is 395. The summed E-state index contributed by atoms with van der Waals surface area (Å²) in [5, 5.41) is 9.23. The lowest BCUT2D eigenvalue weighted by Crippen LogP contribution is -2.30. The van der Waals surface area contributed by atoms with Crippen LogP contribution in [0.4, 0.5) is 0 Å². The van der Waals surface area contributed by atoms with Crippen molar-refractivity contribution in [3.8, 4) is 0 Å². The Balaban J connectivity index is 2.13. The van der Waals surface area contributed by atoms with Crippen LogP contribution in [0.15, 0.2) is 11.0 Å². The number of imidazole rings is 1. The highest BCUT2D eigenvalue weighted by molar-refractivity contribution is 5.92. The van der Waals surface area contributed by atoms with Gasteiger partial charge in [0, 0.05) is 19.3 Å². The maximum absolute atomic E-state index is 11.6. The predicted octanol–water partition coefficient (Wildman–Crippen LogP) is -1.09. The van der Waals surface area contributed by atoms with Gasteiger partial charge >= 0.3 is 5.69 Å². The molecule has 2 heterocycles. The van der Waals surface area contributed by atoms with E-state index in [0.29, 0.717) is 19.5 Å². The van der Waals surface area contributed by atoms with Crippen molar-refractivity contribution in [2.75, 3.05) is 13.1 Å². The van der Waals surface area contributed by atoms with Crippen LogP contribution in [0.25, 0.3) is 0 Å². The number of likely N-dealkylation sites (tertiary alicyclic amines) is 1. The Morgan fingerprint density at radius 2 is 2.43 bits per heavy atom. The molecule has 1 aliphatic rings. The number of nitrogens with one attached hydrogen (secondary N) is 2. The molecule has 6 heteroatoms. The summed E-state index contributed by atoms with van der Waals surface area (Å²) in [6, 6.07) is 0. The number of aliphatic hydroxyl groups excluding tert-OH is 1. The monoisotopic (exact) mass is 197 g/mol. The van der Waals surface area contributed by atoms with Gasteiger partial charge in [0.25, 0.3) is 5.91 Å². The molecule has 0 saturated carbocycles. The zero-order chi connectivity index (χ0) is 10.1. The molecule has 2 rings (SSSR count). The molecule has 1 fully saturated rings. The summed E-state index contributed by atoms with van der Waals surface area (Å²) >= 11 is 0. The third-order valence-corrected chi connectivity index (χ3v) is 2.28. The fraction of sp³-hybridized carbons (Fsp3) is 0.500. The molecule has 1 atom stereocenters. The van der Waals surface area contributed by atoms with Crippen LogP contribution in [0, 0.1) is 0 Å². The molecule has 6 nitrogen and oxygen atoms in total. The molecule has 0 aliphatic carbocycles. The fourth-order valence-corrected chi connectivity index (χ4v) is 1.54. The molecule has 0 bridgehead atoms. The zero-order valence-electron chi connectivity index (χ0n) is 7.49. The van der Waals surface area contributed by atoms with Crippen molar-refractivity contribution >= 4 is 5.91 Å². The van der Waals surface area contributed by atoms with Gasteiger partial charge in [-0.05, 0) is 6.42 Å². The lowest BCUT2D eigenvalue weighted by molar-refractivity contribution is 0.0759. The molecule has 3 N–H and O–H groups in total. The zero-order valence-corrected chi connectivity index (χ0v) is 7.49. The summed E-state index contributed by atoms with van der Waals surface area (Å²) in [5.74, 6) is -0.250. The molecule has 0 aromatic carbocycles. The number of H-pyrrole nitrogens is 2. The first kappa shape index (κ1) is 9.01. The van der Waals surface area contributed by atoms with Gasteiger partial charge in [-0.1, -0.05) is 0 Å². The maximum Gasteiger partial charge on any atom is 0.323 e. The first-order valence-electron chi connectivity index (χ1n) is 4.42. The Morgan fingerprint density at radius 1 is 1.64 bits per heavy atom. The van der Waals surface area contributed by atoms with Gasteiger partial charge in [-0.15, -0.1) is 0 Å². The normalized spacial score (nSPS) is 21.5. The highest BCUT2D eigenvalue weighted by Gasteiger charge is 2.26. The van der Waals surface area contributed by atoms with Crippen molar-refractivity contribution in [2.45, 2.75) is 12.5 Å². The van der Waals surface area contributed by atoms with Gasteiger partial charge in [0.05, 0.1) is 6.10 Å². The lowest BCUT2D eigenvalue weighted by Gasteiger charge is -2.13. The molecule has 76 valence electrons. The van der Waals surface area contributed by atoms with Crippen molar-refractivity contribution in [3.05, 3.63) is 22.4 Å². The van der Waals surface area contributed by atoms with Gasteiger partial charge in [0.1, 0.15) is 5.69 Å². The summed E-state index contributed by atoms with van der Waals surface area (Å²) in [6.45, 7) is 0.874. The van der Waals surface area contributed by atoms with E-state index in [2.05, 4.69) is 9.97 Å². The average Bonchev–Trinajstić information content (AvgIpc) is 2.73. The van der Waals surface area contributed by atoms with E-state index in [1.807, 2.05) is 0 Å². The number of rotatable bonds is 1. The summed E-state index contributed by atoms with van der Waals surface area (Å²) in [7, 11) is 0. The van der Waals surface area contributed by atoms with Crippen LogP contribution in [0.5, 0.6) is 0 Å². The van der Waals surface area contributed by atoms with Gasteiger partial charge in [-0.25, -0.2) is 4.79 Å². The highest BCUT2D eigenvalue weighted by atomic mass is 16.3. The van der Waals surface area contributed by atoms with Crippen LogP contribution < -0.4 is 5.69 Å². The SMILES string of the molecule is O=C(c1c[nH]c(=O)[nH]1)N1CC[C@H](O)C1. The number of carbonyl (C=O) groups is 1. The van der Waals surface area contributed by atoms with Crippen LogP contribution in [0.2, 0.25) is 0 Å².